The van der Waals surface area contributed by atoms with Crippen LogP contribution in [0.4, 0.5) is 47.3 Å². The number of carbonyl (C=O) groups excluding carboxylic acids is 2. The Hall–Kier alpha value is -10.8. The molecule has 0 saturated carbocycles. The van der Waals surface area contributed by atoms with E-state index in [2.05, 4.69) is 226 Å². The van der Waals surface area contributed by atoms with Gasteiger partial charge in [-0.3, -0.25) is 39.9 Å². The number of nitrogens with two attached hydrogens (primary N) is 1. The lowest BCUT2D eigenvalue weighted by Gasteiger charge is -2.27. The molecule has 125 heavy (non-hydrogen) atoms. The summed E-state index contributed by atoms with van der Waals surface area (Å²) in [4.78, 5) is 71.7. The van der Waals surface area contributed by atoms with Crippen LogP contribution in [0, 0.1) is 109 Å². The van der Waals surface area contributed by atoms with Gasteiger partial charge in [-0.2, -0.15) is 4.39 Å². The maximum atomic E-state index is 12.9. The number of anilines is 3. The zero-order chi connectivity index (χ0) is 92.8. The van der Waals surface area contributed by atoms with Crippen molar-refractivity contribution in [3.05, 3.63) is 244 Å². The molecule has 23 heteroatoms. The number of hydrogen-bond donors (Lipinski definition) is 1. The number of unbranched alkanes of at least 4 members (excludes halogenated alkanes) is 4. The number of hydrogen-bond acceptors (Lipinski definition) is 14. The van der Waals surface area contributed by atoms with Gasteiger partial charge in [-0.1, -0.05) is 175 Å². The topological polar surface area (TPSA) is 250 Å². The third-order valence-electron chi connectivity index (χ3n) is 21.1. The Balaban J connectivity index is 0.000000263. The van der Waals surface area contributed by atoms with E-state index in [1.54, 1.807) is 12.1 Å². The summed E-state index contributed by atoms with van der Waals surface area (Å²) in [5, 5.41) is 31.9. The third-order valence-corrected chi connectivity index (χ3v) is 21.1. The Labute approximate surface area is 742 Å². The van der Waals surface area contributed by atoms with Gasteiger partial charge in [0.15, 0.2) is 17.9 Å². The molecule has 2 N–H and O–H groups in total. The van der Waals surface area contributed by atoms with E-state index in [0.29, 0.717) is 59.9 Å². The highest BCUT2D eigenvalue weighted by atomic mass is 19.1. The minimum atomic E-state index is -1.16. The molecule has 0 unspecified atom stereocenters. The summed E-state index contributed by atoms with van der Waals surface area (Å²) in [6.07, 6.45) is 25.3. The van der Waals surface area contributed by atoms with Crippen LogP contribution in [-0.4, -0.2) is 81.7 Å². The summed E-state index contributed by atoms with van der Waals surface area (Å²) in [6, 6.07) is 36.8. The second kappa shape index (κ2) is 52.8. The molecule has 0 fully saturated rings. The van der Waals surface area contributed by atoms with Crippen molar-refractivity contribution in [2.45, 2.75) is 268 Å². The van der Waals surface area contributed by atoms with E-state index in [4.69, 9.17) is 10.7 Å². The molecule has 0 radical (unpaired) electrons. The number of nitro groups is 3. The maximum absolute atomic E-state index is 12.9. The van der Waals surface area contributed by atoms with Gasteiger partial charge in [-0.05, 0) is 257 Å². The van der Waals surface area contributed by atoms with E-state index in [9.17, 15) is 53.1 Å². The molecule has 0 bridgehead atoms. The number of nitrogen functional groups attached to an aromatic ring is 1. The van der Waals surface area contributed by atoms with E-state index in [1.165, 1.54) is 83.2 Å². The molecule has 1 aliphatic rings. The van der Waals surface area contributed by atoms with Gasteiger partial charge >= 0.3 is 5.69 Å². The van der Waals surface area contributed by atoms with Crippen LogP contribution in [-0.2, 0) is 43.7 Å². The average molecular weight is 1720 g/mol. The van der Waals surface area contributed by atoms with Crippen LogP contribution in [0.5, 0.6) is 0 Å². The van der Waals surface area contributed by atoms with Crippen molar-refractivity contribution < 1.29 is 37.5 Å². The largest absolute Gasteiger partial charge is 0.399 e. The number of fused-ring (bicyclic) bond motifs is 3. The minimum absolute atomic E-state index is 0.0112. The van der Waals surface area contributed by atoms with Gasteiger partial charge in [0.05, 0.1) is 54.2 Å². The van der Waals surface area contributed by atoms with Gasteiger partial charge in [0.25, 0.3) is 11.4 Å². The smallest absolute Gasteiger partial charge is 0.304 e. The van der Waals surface area contributed by atoms with Gasteiger partial charge in [0, 0.05) is 105 Å². The quantitative estimate of drug-likeness (QED) is 0.0168. The molecular formula is C102H143F3N12O8. The number of aldehydes is 1. The molecule has 0 spiro atoms. The maximum Gasteiger partial charge on any atom is 0.304 e. The lowest BCUT2D eigenvalue weighted by molar-refractivity contribution is -0.387. The number of nitro benzene ring substituents is 3. The fourth-order valence-corrected chi connectivity index (χ4v) is 14.4. The van der Waals surface area contributed by atoms with E-state index in [-0.39, 0.29) is 27.5 Å². The fraction of sp³-hybridized carbons (Fsp3) is 0.500. The normalized spacial score (nSPS) is 12.3. The van der Waals surface area contributed by atoms with Gasteiger partial charge in [-0.25, -0.2) is 23.7 Å². The molecule has 7 aromatic carbocycles. The van der Waals surface area contributed by atoms with Crippen LogP contribution >= 0.6 is 0 Å². The Bertz CT molecular complexity index is 5110. The van der Waals surface area contributed by atoms with Crippen LogP contribution in [0.15, 0.2) is 151 Å². The Morgan fingerprint density at radius 1 is 0.472 bits per heavy atom. The summed E-state index contributed by atoms with van der Waals surface area (Å²) in [5.41, 5.74) is 23.2. The van der Waals surface area contributed by atoms with E-state index < -0.39 is 33.0 Å². The Morgan fingerprint density at radius 3 is 1.30 bits per heavy atom. The summed E-state index contributed by atoms with van der Waals surface area (Å²) in [7, 11) is 0. The molecule has 3 heterocycles. The molecule has 20 nitrogen and oxygen atoms in total. The number of benzene rings is 7. The summed E-state index contributed by atoms with van der Waals surface area (Å²) in [5.74, 6) is 2.74. The van der Waals surface area contributed by atoms with Crippen molar-refractivity contribution in [2.24, 2.45) is 40.9 Å². The van der Waals surface area contributed by atoms with Gasteiger partial charge in [-0.15, -0.1) is 0 Å². The minimum Gasteiger partial charge on any atom is -0.399 e. The second-order valence-electron chi connectivity index (χ2n) is 36.4. The van der Waals surface area contributed by atoms with Gasteiger partial charge in [0.2, 0.25) is 5.82 Å². The molecule has 680 valence electrons. The summed E-state index contributed by atoms with van der Waals surface area (Å²) < 4.78 is 44.0. The SMILES string of the molecule is CC(C)CCc1cc(F)ccc1[N+](=O)[O-].CCCCN(CCCC)c1ccc(N)c(CCC(C)C)c1.CCCCN(CCCC)c1ccc([N+](=O)[O-])c(CCC(C)C)c1.Cc1ccc2nc(/C=C/C3=CC(=O)CC(C)(C)C3)n(CC(C)C)c2c1.Cc1ccc2nc(C=O)n(CC(C)C)c2c1.Cc1ccc2ncn(CC(C)C)c2c1.O=[N+]([O-])c1ccc(F)cc1F. The van der Waals surface area contributed by atoms with Crippen LogP contribution in [0.2, 0.25) is 0 Å². The molecule has 10 aromatic rings. The molecule has 0 saturated heterocycles. The van der Waals surface area contributed by atoms with Crippen LogP contribution in [0.1, 0.15) is 258 Å². The Morgan fingerprint density at radius 2 is 0.872 bits per heavy atom. The lowest BCUT2D eigenvalue weighted by Crippen LogP contribution is -2.25. The monoisotopic (exact) mass is 1720 g/mol. The number of rotatable bonds is 35. The van der Waals surface area contributed by atoms with E-state index in [0.717, 1.165) is 184 Å². The highest BCUT2D eigenvalue weighted by Gasteiger charge is 2.27. The summed E-state index contributed by atoms with van der Waals surface area (Å²) >= 11 is 0. The molecule has 0 atom stereocenters. The van der Waals surface area contributed by atoms with Crippen molar-refractivity contribution in [3.8, 4) is 0 Å². The van der Waals surface area contributed by atoms with Crippen molar-refractivity contribution in [3.63, 3.8) is 0 Å². The lowest BCUT2D eigenvalue weighted by atomic mass is 9.77. The predicted molar refractivity (Wildman–Crippen MR) is 512 cm³/mol. The number of aromatic nitrogens is 6. The Kier molecular flexibility index (Phi) is 44.2. The van der Waals surface area contributed by atoms with Crippen molar-refractivity contribution in [1.29, 1.82) is 0 Å². The zero-order valence-electron chi connectivity index (χ0n) is 78.6. The number of carbonyl (C=O) groups is 2. The van der Waals surface area contributed by atoms with Crippen LogP contribution < -0.4 is 15.5 Å². The van der Waals surface area contributed by atoms with Crippen molar-refractivity contribution in [2.75, 3.05) is 41.7 Å². The first-order valence-electron chi connectivity index (χ1n) is 45.1. The highest BCUT2D eigenvalue weighted by molar-refractivity contribution is 5.92. The number of halogens is 3. The average Bonchev–Trinajstić information content (AvgIpc) is 1.64. The van der Waals surface area contributed by atoms with Crippen LogP contribution in [0.25, 0.3) is 39.2 Å². The fourth-order valence-electron chi connectivity index (χ4n) is 14.4. The van der Waals surface area contributed by atoms with E-state index >= 15 is 0 Å². The molecule has 0 amide bonds. The number of aryl methyl sites for hydroxylation is 6. The first kappa shape index (κ1) is 105. The van der Waals surface area contributed by atoms with E-state index in [1.807, 2.05) is 55.9 Å². The highest BCUT2D eigenvalue weighted by Crippen LogP contribution is 2.36. The van der Waals surface area contributed by atoms with Crippen molar-refractivity contribution >= 4 is 85.4 Å². The number of ketones is 1. The molecular weight excluding hydrogens is 1580 g/mol. The number of allylic oxidation sites excluding steroid dienone is 3. The molecule has 3 aromatic heterocycles. The molecule has 11 rings (SSSR count). The first-order valence-corrected chi connectivity index (χ1v) is 45.1. The summed E-state index contributed by atoms with van der Waals surface area (Å²) in [6.45, 7) is 52.8. The molecule has 0 aliphatic heterocycles. The van der Waals surface area contributed by atoms with Gasteiger partial charge < -0.3 is 29.2 Å². The number of imidazole rings is 3. The van der Waals surface area contributed by atoms with Gasteiger partial charge in [0.1, 0.15) is 17.5 Å². The third kappa shape index (κ3) is 36.0. The predicted octanol–water partition coefficient (Wildman–Crippen LogP) is 27.2. The zero-order valence-corrected chi connectivity index (χ0v) is 78.6. The first-order chi connectivity index (χ1) is 59.2. The van der Waals surface area contributed by atoms with Crippen LogP contribution in [0.3, 0.4) is 0 Å². The number of nitrogens with zero attached hydrogens (tertiary/aromatic N) is 11. The molecule has 1 aliphatic carbocycles. The standard InChI is InChI=1S/C22H28N2O.C19H32N2O2.C19H34N2.C13H16N2O.C12H16N2.C11H14FNO2.C6H3F2NO2/c1-15(2)14-24-20-10-16(3)6-8-19(20)23-21(24)9-7-17-11-18(25)13-22(4,5)12-17;1-5-7-13-20(14-8-6-2)18-11-12-19(21(22)23)17(15-18)10-9-16(3)4;1-5-7-13-21(14-8-6-2)18-11-12-19(20)17(15-18)10-9-16(3)4;1-9(2)7-15-12-6-10(3)4-5-11(12)14-13(15)8-16;1-9(2)7-14-8-13-11-5-4-10(3)6-12(11)14;1-8(2)3-4-9-7-10(12)5-6-11(9)13(14)15;7-4-1-2-6(9(10)11)5(8)3-4/h6-11,15H,12-14H2,1-5H3;11-12,15-16H,5-10,13-14H2,1-4H3;11-12,15-16H,5-10,13-14,20H2,1-4H3;4-6,8-9H,7H2,1-3H3;4-6,8-9H,7H2,1-3H3;5-8H,3-4H2,1-2H3;1-3H/b9-7+;;;;;;. The van der Waals surface area contributed by atoms with Crippen molar-refractivity contribution in [1.82, 2.24) is 28.7 Å². The second-order valence-corrected chi connectivity index (χ2v) is 36.4.